The molecule has 0 fully saturated rings. The van der Waals surface area contributed by atoms with E-state index in [1.807, 2.05) is 0 Å². The zero-order valence-electron chi connectivity index (χ0n) is 5.70. The van der Waals surface area contributed by atoms with Crippen molar-refractivity contribution in [3.63, 3.8) is 0 Å². The molecular formula is C7H5F2IO. The minimum Gasteiger partial charge on any atom is -0.494 e. The molecule has 0 bridgehead atoms. The molecule has 0 aliphatic rings. The van der Waals surface area contributed by atoms with Crippen LogP contribution < -0.4 is 4.74 Å². The van der Waals surface area contributed by atoms with Gasteiger partial charge in [-0.15, -0.1) is 0 Å². The highest BCUT2D eigenvalue weighted by molar-refractivity contribution is 14.1. The molecule has 0 aliphatic heterocycles. The molecule has 0 aliphatic carbocycles. The number of hydrogen-bond acceptors (Lipinski definition) is 1. The minimum atomic E-state index is -0.931. The lowest BCUT2D eigenvalue weighted by molar-refractivity contribution is 0.371. The van der Waals surface area contributed by atoms with Crippen LogP contribution in [0.2, 0.25) is 0 Å². The van der Waals surface area contributed by atoms with Gasteiger partial charge in [0.25, 0.3) is 0 Å². The Kier molecular flexibility index (Phi) is 2.64. The number of rotatable bonds is 1. The fourth-order valence-electron chi connectivity index (χ4n) is 0.666. The third-order valence-corrected chi connectivity index (χ3v) is 2.05. The fraction of sp³-hybridized carbons (Fsp3) is 0.143. The van der Waals surface area contributed by atoms with Gasteiger partial charge in [-0.2, -0.15) is 4.39 Å². The summed E-state index contributed by atoms with van der Waals surface area (Å²) in [6.07, 6.45) is 0. The van der Waals surface area contributed by atoms with Crippen LogP contribution in [0.1, 0.15) is 0 Å². The number of ether oxygens (including phenoxy) is 1. The molecule has 0 amide bonds. The summed E-state index contributed by atoms with van der Waals surface area (Å²) in [6, 6.07) is 2.85. The molecule has 0 N–H and O–H groups in total. The van der Waals surface area contributed by atoms with Gasteiger partial charge in [-0.05, 0) is 34.7 Å². The average Bonchev–Trinajstić information content (AvgIpc) is 2.01. The molecule has 1 aromatic rings. The summed E-state index contributed by atoms with van der Waals surface area (Å²) in [5.74, 6) is -1.85. The second-order valence-electron chi connectivity index (χ2n) is 1.88. The van der Waals surface area contributed by atoms with E-state index in [-0.39, 0.29) is 9.32 Å². The molecule has 0 aromatic heterocycles. The van der Waals surface area contributed by atoms with Crippen molar-refractivity contribution < 1.29 is 13.5 Å². The summed E-state index contributed by atoms with van der Waals surface area (Å²) in [7, 11) is 1.30. The number of methoxy groups -OCH3 is 1. The second-order valence-corrected chi connectivity index (χ2v) is 3.04. The Morgan fingerprint density at radius 2 is 1.91 bits per heavy atom. The van der Waals surface area contributed by atoms with Crippen LogP contribution in [-0.2, 0) is 0 Å². The van der Waals surface area contributed by atoms with Gasteiger partial charge in [-0.3, -0.25) is 0 Å². The van der Waals surface area contributed by atoms with Crippen LogP contribution in [0.4, 0.5) is 8.78 Å². The normalized spacial score (nSPS) is 9.82. The Labute approximate surface area is 76.5 Å². The molecule has 60 valence electrons. The lowest BCUT2D eigenvalue weighted by Crippen LogP contribution is -1.93. The Balaban J connectivity index is 3.25. The Morgan fingerprint density at radius 1 is 1.27 bits per heavy atom. The van der Waals surface area contributed by atoms with E-state index >= 15 is 0 Å². The van der Waals surface area contributed by atoms with Gasteiger partial charge >= 0.3 is 0 Å². The van der Waals surface area contributed by atoms with Crippen molar-refractivity contribution in [1.29, 1.82) is 0 Å². The molecule has 11 heavy (non-hydrogen) atoms. The van der Waals surface area contributed by atoms with Crippen LogP contribution in [0, 0.1) is 15.2 Å². The molecule has 0 heterocycles. The lowest BCUT2D eigenvalue weighted by atomic mass is 10.3. The molecule has 0 radical (unpaired) electrons. The van der Waals surface area contributed by atoms with Crippen molar-refractivity contribution in [3.8, 4) is 5.75 Å². The molecule has 1 aromatic carbocycles. The van der Waals surface area contributed by atoms with Gasteiger partial charge in [0.1, 0.15) is 0 Å². The van der Waals surface area contributed by atoms with E-state index in [1.165, 1.54) is 19.2 Å². The van der Waals surface area contributed by atoms with E-state index in [2.05, 4.69) is 4.74 Å². The van der Waals surface area contributed by atoms with E-state index in [1.54, 1.807) is 22.6 Å². The molecule has 0 spiro atoms. The summed E-state index contributed by atoms with van der Waals surface area (Å²) in [5, 5.41) is 0. The Bertz CT molecular complexity index is 275. The fourth-order valence-corrected chi connectivity index (χ4v) is 1.08. The van der Waals surface area contributed by atoms with E-state index in [9.17, 15) is 8.78 Å². The number of halogens is 3. The average molecular weight is 270 g/mol. The van der Waals surface area contributed by atoms with Crippen molar-refractivity contribution in [2.45, 2.75) is 0 Å². The molecule has 0 atom stereocenters. The van der Waals surface area contributed by atoms with Gasteiger partial charge in [0, 0.05) is 0 Å². The zero-order valence-corrected chi connectivity index (χ0v) is 7.85. The first-order valence-electron chi connectivity index (χ1n) is 2.84. The summed E-state index contributed by atoms with van der Waals surface area (Å²) in [6.45, 7) is 0. The predicted molar refractivity (Wildman–Crippen MR) is 45.6 cm³/mol. The molecular weight excluding hydrogens is 265 g/mol. The largest absolute Gasteiger partial charge is 0.494 e. The summed E-state index contributed by atoms with van der Waals surface area (Å²) >= 11 is 1.71. The van der Waals surface area contributed by atoms with Crippen molar-refractivity contribution in [2.75, 3.05) is 7.11 Å². The van der Waals surface area contributed by atoms with Crippen LogP contribution >= 0.6 is 22.6 Å². The lowest BCUT2D eigenvalue weighted by Gasteiger charge is -2.02. The smallest absolute Gasteiger partial charge is 0.201 e. The number of benzene rings is 1. The highest BCUT2D eigenvalue weighted by Crippen LogP contribution is 2.22. The maximum absolute atomic E-state index is 12.8. The molecule has 0 saturated carbocycles. The van der Waals surface area contributed by atoms with Gasteiger partial charge in [-0.25, -0.2) is 4.39 Å². The van der Waals surface area contributed by atoms with E-state index in [0.29, 0.717) is 0 Å². The van der Waals surface area contributed by atoms with Gasteiger partial charge in [0.15, 0.2) is 11.6 Å². The SMILES string of the molecule is COc1ccc(I)c(F)c1F. The van der Waals surface area contributed by atoms with Crippen LogP contribution in [0.3, 0.4) is 0 Å². The Hall–Kier alpha value is -0.390. The van der Waals surface area contributed by atoms with Crippen molar-refractivity contribution in [2.24, 2.45) is 0 Å². The molecule has 1 nitrogen and oxygen atoms in total. The molecule has 1 rings (SSSR count). The molecule has 0 saturated heterocycles. The quantitative estimate of drug-likeness (QED) is 0.563. The first kappa shape index (κ1) is 8.70. The second kappa shape index (κ2) is 3.34. The first-order chi connectivity index (χ1) is 5.16. The maximum Gasteiger partial charge on any atom is 0.201 e. The van der Waals surface area contributed by atoms with Crippen LogP contribution in [0.25, 0.3) is 0 Å². The minimum absolute atomic E-state index is 0.0667. The van der Waals surface area contributed by atoms with Crippen molar-refractivity contribution >= 4 is 22.6 Å². The first-order valence-corrected chi connectivity index (χ1v) is 3.92. The van der Waals surface area contributed by atoms with E-state index < -0.39 is 11.6 Å². The predicted octanol–water partition coefficient (Wildman–Crippen LogP) is 2.58. The van der Waals surface area contributed by atoms with Gasteiger partial charge in [-0.1, -0.05) is 0 Å². The Morgan fingerprint density at radius 3 is 2.45 bits per heavy atom. The summed E-state index contributed by atoms with van der Waals surface area (Å²) in [4.78, 5) is 0. The van der Waals surface area contributed by atoms with E-state index in [4.69, 9.17) is 0 Å². The van der Waals surface area contributed by atoms with Crippen LogP contribution in [-0.4, -0.2) is 7.11 Å². The standard InChI is InChI=1S/C7H5F2IO/c1-11-5-3-2-4(10)6(8)7(5)9/h2-3H,1H3. The van der Waals surface area contributed by atoms with Gasteiger partial charge in [0.05, 0.1) is 10.7 Å². The van der Waals surface area contributed by atoms with Crippen LogP contribution in [0.5, 0.6) is 5.75 Å². The maximum atomic E-state index is 12.8. The van der Waals surface area contributed by atoms with Crippen molar-refractivity contribution in [1.82, 2.24) is 0 Å². The highest BCUT2D eigenvalue weighted by atomic mass is 127. The third kappa shape index (κ3) is 1.61. The molecule has 0 unspecified atom stereocenters. The van der Waals surface area contributed by atoms with Gasteiger partial charge < -0.3 is 4.74 Å². The topological polar surface area (TPSA) is 9.23 Å². The third-order valence-electron chi connectivity index (χ3n) is 1.22. The number of hydrogen-bond donors (Lipinski definition) is 0. The summed E-state index contributed by atoms with van der Waals surface area (Å²) in [5.41, 5.74) is 0. The van der Waals surface area contributed by atoms with E-state index in [0.717, 1.165) is 0 Å². The van der Waals surface area contributed by atoms with Crippen LogP contribution in [0.15, 0.2) is 12.1 Å². The van der Waals surface area contributed by atoms with Gasteiger partial charge in [0.2, 0.25) is 5.82 Å². The molecule has 4 heteroatoms. The van der Waals surface area contributed by atoms with Crippen molar-refractivity contribution in [3.05, 3.63) is 27.3 Å². The monoisotopic (exact) mass is 270 g/mol. The highest BCUT2D eigenvalue weighted by Gasteiger charge is 2.11. The summed E-state index contributed by atoms with van der Waals surface area (Å²) < 4.78 is 30.3. The zero-order chi connectivity index (χ0) is 8.43.